The summed E-state index contributed by atoms with van der Waals surface area (Å²) in [5.74, 6) is -0.158. The molecule has 1 rings (SSSR count). The molecule has 0 saturated heterocycles. The Morgan fingerprint density at radius 3 is 2.29 bits per heavy atom. The first-order valence-electron chi connectivity index (χ1n) is 8.42. The van der Waals surface area contributed by atoms with Gasteiger partial charge in [-0.05, 0) is 56.7 Å². The van der Waals surface area contributed by atoms with Gasteiger partial charge in [0.1, 0.15) is 5.82 Å². The minimum absolute atomic E-state index is 0.158. The molecule has 1 unspecified atom stereocenters. The van der Waals surface area contributed by atoms with Crippen LogP contribution >= 0.6 is 0 Å². The van der Waals surface area contributed by atoms with Crippen molar-refractivity contribution in [3.8, 4) is 0 Å². The fourth-order valence-corrected chi connectivity index (χ4v) is 2.61. The highest BCUT2D eigenvalue weighted by atomic mass is 19.1. The number of halogens is 1. The fraction of sp³-hybridized carbons (Fsp3) is 0.667. The zero-order valence-corrected chi connectivity index (χ0v) is 13.9. The molecule has 2 nitrogen and oxygen atoms in total. The summed E-state index contributed by atoms with van der Waals surface area (Å²) in [5.41, 5.74) is 1.20. The predicted octanol–water partition coefficient (Wildman–Crippen LogP) is 4.38. The maximum atomic E-state index is 13.0. The number of nitrogens with one attached hydrogen (secondary N) is 1. The third kappa shape index (κ3) is 7.05. The lowest BCUT2D eigenvalue weighted by atomic mass is 10.0. The largest absolute Gasteiger partial charge is 0.310 e. The van der Waals surface area contributed by atoms with E-state index in [0.29, 0.717) is 6.04 Å². The standard InChI is InChI=1S/C18H31FN2/c1-4-7-9-18(16-10-12-17(19)13-11-16)20-14-8-15-21(5-2)6-3/h10-13,18,20H,4-9,14-15H2,1-3H3. The Morgan fingerprint density at radius 1 is 1.05 bits per heavy atom. The molecule has 1 N–H and O–H groups in total. The van der Waals surface area contributed by atoms with Crippen LogP contribution in [0, 0.1) is 5.82 Å². The van der Waals surface area contributed by atoms with Gasteiger partial charge in [0.15, 0.2) is 0 Å². The number of rotatable bonds is 11. The van der Waals surface area contributed by atoms with E-state index in [1.165, 1.54) is 18.4 Å². The lowest BCUT2D eigenvalue weighted by Crippen LogP contribution is -2.29. The highest BCUT2D eigenvalue weighted by molar-refractivity contribution is 5.19. The monoisotopic (exact) mass is 294 g/mol. The molecule has 21 heavy (non-hydrogen) atoms. The second-order valence-corrected chi connectivity index (χ2v) is 5.58. The summed E-state index contributed by atoms with van der Waals surface area (Å²) in [6.45, 7) is 11.0. The Hall–Kier alpha value is -0.930. The van der Waals surface area contributed by atoms with Crippen LogP contribution in [-0.4, -0.2) is 31.1 Å². The summed E-state index contributed by atoms with van der Waals surface area (Å²) in [4.78, 5) is 2.45. The van der Waals surface area contributed by atoms with Crippen molar-refractivity contribution < 1.29 is 4.39 Å². The number of nitrogens with zero attached hydrogens (tertiary/aromatic N) is 1. The summed E-state index contributed by atoms with van der Waals surface area (Å²) in [6, 6.07) is 7.29. The van der Waals surface area contributed by atoms with Gasteiger partial charge in [0, 0.05) is 6.04 Å². The third-order valence-corrected chi connectivity index (χ3v) is 4.06. The molecule has 0 amide bonds. The second-order valence-electron chi connectivity index (χ2n) is 5.58. The molecule has 3 heteroatoms. The number of hydrogen-bond donors (Lipinski definition) is 1. The zero-order chi connectivity index (χ0) is 15.5. The number of hydrogen-bond acceptors (Lipinski definition) is 2. The van der Waals surface area contributed by atoms with Crippen LogP contribution < -0.4 is 5.32 Å². The summed E-state index contributed by atoms with van der Waals surface area (Å²) in [7, 11) is 0. The van der Waals surface area contributed by atoms with Crippen LogP contribution in [0.2, 0.25) is 0 Å². The lowest BCUT2D eigenvalue weighted by molar-refractivity contribution is 0.294. The molecule has 0 radical (unpaired) electrons. The molecule has 120 valence electrons. The SMILES string of the molecule is CCCCC(NCCCN(CC)CC)c1ccc(F)cc1. The first-order chi connectivity index (χ1) is 10.2. The van der Waals surface area contributed by atoms with Gasteiger partial charge in [0.25, 0.3) is 0 Å². The second kappa shape index (κ2) is 10.7. The van der Waals surface area contributed by atoms with Crippen molar-refractivity contribution in [2.24, 2.45) is 0 Å². The third-order valence-electron chi connectivity index (χ3n) is 4.06. The van der Waals surface area contributed by atoms with Crippen LogP contribution in [0.1, 0.15) is 58.1 Å². The van der Waals surface area contributed by atoms with Crippen LogP contribution in [0.4, 0.5) is 4.39 Å². The van der Waals surface area contributed by atoms with E-state index in [0.717, 1.165) is 39.0 Å². The van der Waals surface area contributed by atoms with E-state index in [1.54, 1.807) is 12.1 Å². The van der Waals surface area contributed by atoms with E-state index < -0.39 is 0 Å². The van der Waals surface area contributed by atoms with Crippen LogP contribution in [0.3, 0.4) is 0 Å². The Labute approximate surface area is 129 Å². The molecule has 0 aromatic heterocycles. The lowest BCUT2D eigenvalue weighted by Gasteiger charge is -2.21. The summed E-state index contributed by atoms with van der Waals surface area (Å²) >= 11 is 0. The van der Waals surface area contributed by atoms with E-state index in [2.05, 4.69) is 31.0 Å². The molecular formula is C18H31FN2. The number of benzene rings is 1. The van der Waals surface area contributed by atoms with Gasteiger partial charge in [0.2, 0.25) is 0 Å². The van der Waals surface area contributed by atoms with Crippen molar-refractivity contribution in [3.63, 3.8) is 0 Å². The number of unbranched alkanes of at least 4 members (excludes halogenated alkanes) is 1. The maximum Gasteiger partial charge on any atom is 0.123 e. The first kappa shape index (κ1) is 18.1. The van der Waals surface area contributed by atoms with E-state index in [1.807, 2.05) is 12.1 Å². The van der Waals surface area contributed by atoms with Crippen molar-refractivity contribution in [1.82, 2.24) is 10.2 Å². The van der Waals surface area contributed by atoms with Crippen molar-refractivity contribution in [2.45, 2.75) is 52.5 Å². The van der Waals surface area contributed by atoms with E-state index in [-0.39, 0.29) is 5.82 Å². The molecule has 0 aliphatic heterocycles. The molecule has 0 heterocycles. The van der Waals surface area contributed by atoms with Crippen LogP contribution in [0.5, 0.6) is 0 Å². The summed E-state index contributed by atoms with van der Waals surface area (Å²) in [5, 5.41) is 3.64. The zero-order valence-electron chi connectivity index (χ0n) is 13.9. The molecule has 0 saturated carbocycles. The Kier molecular flexibility index (Phi) is 9.27. The van der Waals surface area contributed by atoms with Crippen LogP contribution in [0.15, 0.2) is 24.3 Å². The van der Waals surface area contributed by atoms with Gasteiger partial charge in [-0.25, -0.2) is 4.39 Å². The van der Waals surface area contributed by atoms with Gasteiger partial charge < -0.3 is 10.2 Å². The average molecular weight is 294 g/mol. The van der Waals surface area contributed by atoms with Crippen LogP contribution in [-0.2, 0) is 0 Å². The quantitative estimate of drug-likeness (QED) is 0.609. The molecule has 1 atom stereocenters. The molecule has 0 spiro atoms. The van der Waals surface area contributed by atoms with E-state index in [4.69, 9.17) is 0 Å². The summed E-state index contributed by atoms with van der Waals surface area (Å²) < 4.78 is 13.0. The first-order valence-corrected chi connectivity index (χ1v) is 8.42. The Bertz CT molecular complexity index is 360. The van der Waals surface area contributed by atoms with Crippen molar-refractivity contribution in [1.29, 1.82) is 0 Å². The van der Waals surface area contributed by atoms with Gasteiger partial charge in [-0.3, -0.25) is 0 Å². The summed E-state index contributed by atoms with van der Waals surface area (Å²) in [6.07, 6.45) is 4.67. The van der Waals surface area contributed by atoms with Gasteiger partial charge in [-0.1, -0.05) is 45.7 Å². The van der Waals surface area contributed by atoms with Gasteiger partial charge >= 0.3 is 0 Å². The van der Waals surface area contributed by atoms with Crippen LogP contribution in [0.25, 0.3) is 0 Å². The van der Waals surface area contributed by atoms with Gasteiger partial charge in [-0.2, -0.15) is 0 Å². The molecule has 0 aliphatic carbocycles. The predicted molar refractivity (Wildman–Crippen MR) is 89.1 cm³/mol. The van der Waals surface area contributed by atoms with Gasteiger partial charge in [0.05, 0.1) is 0 Å². The van der Waals surface area contributed by atoms with E-state index in [9.17, 15) is 4.39 Å². The minimum Gasteiger partial charge on any atom is -0.310 e. The minimum atomic E-state index is -0.158. The van der Waals surface area contributed by atoms with Gasteiger partial charge in [-0.15, -0.1) is 0 Å². The highest BCUT2D eigenvalue weighted by Gasteiger charge is 2.10. The topological polar surface area (TPSA) is 15.3 Å². The molecule has 1 aromatic carbocycles. The Morgan fingerprint density at radius 2 is 1.71 bits per heavy atom. The average Bonchev–Trinajstić information content (AvgIpc) is 2.51. The fourth-order valence-electron chi connectivity index (χ4n) is 2.61. The molecule has 0 fully saturated rings. The van der Waals surface area contributed by atoms with Crippen molar-refractivity contribution >= 4 is 0 Å². The highest BCUT2D eigenvalue weighted by Crippen LogP contribution is 2.19. The van der Waals surface area contributed by atoms with Crippen molar-refractivity contribution in [3.05, 3.63) is 35.6 Å². The molecule has 0 aliphatic rings. The smallest absolute Gasteiger partial charge is 0.123 e. The Balaban J connectivity index is 2.44. The van der Waals surface area contributed by atoms with E-state index >= 15 is 0 Å². The van der Waals surface area contributed by atoms with Crippen molar-refractivity contribution in [2.75, 3.05) is 26.2 Å². The normalized spacial score (nSPS) is 12.8. The maximum absolute atomic E-state index is 13.0. The molecule has 0 bridgehead atoms. The molecule has 1 aromatic rings. The molecular weight excluding hydrogens is 263 g/mol.